The molecule has 3 nitrogen and oxygen atoms in total. The van der Waals surface area contributed by atoms with Crippen LogP contribution in [0.3, 0.4) is 0 Å². The van der Waals surface area contributed by atoms with Gasteiger partial charge in [-0.3, -0.25) is 4.79 Å². The summed E-state index contributed by atoms with van der Waals surface area (Å²) in [6.45, 7) is 2.06. The van der Waals surface area contributed by atoms with E-state index < -0.39 is 0 Å². The zero-order valence-corrected chi connectivity index (χ0v) is 18.3. The number of amides is 1. The average Bonchev–Trinajstić information content (AvgIpc) is 3.17. The van der Waals surface area contributed by atoms with Gasteiger partial charge < -0.3 is 5.32 Å². The Hall–Kier alpha value is -2.47. The van der Waals surface area contributed by atoms with Crippen LogP contribution in [0.1, 0.15) is 11.8 Å². The average molecular weight is 459 g/mol. The highest BCUT2D eigenvalue weighted by Gasteiger charge is 2.20. The maximum absolute atomic E-state index is 14.7. The third-order valence-corrected chi connectivity index (χ3v) is 6.43. The van der Waals surface area contributed by atoms with Gasteiger partial charge in [0.1, 0.15) is 11.5 Å². The molecule has 2 heterocycles. The molecule has 0 aliphatic rings. The molecule has 0 radical (unpaired) electrons. The molecule has 2 aromatic carbocycles. The second-order valence-electron chi connectivity index (χ2n) is 6.79. The van der Waals surface area contributed by atoms with E-state index in [1.165, 1.54) is 13.0 Å². The predicted molar refractivity (Wildman–Crippen MR) is 123 cm³/mol. The molecule has 0 bridgehead atoms. The maximum Gasteiger partial charge on any atom is 0.216 e. The number of rotatable bonds is 5. The molecule has 0 aliphatic carbocycles. The van der Waals surface area contributed by atoms with Gasteiger partial charge in [-0.05, 0) is 42.8 Å². The Bertz CT molecular complexity index is 1260. The molecule has 1 N–H and O–H groups in total. The van der Waals surface area contributed by atoms with Crippen LogP contribution in [0.25, 0.3) is 32.6 Å². The number of fused-ring (bicyclic) bond motifs is 1. The van der Waals surface area contributed by atoms with E-state index in [4.69, 9.17) is 28.2 Å². The van der Waals surface area contributed by atoms with Crippen molar-refractivity contribution in [2.24, 2.45) is 0 Å². The first-order chi connectivity index (χ1) is 14.4. The van der Waals surface area contributed by atoms with Crippen molar-refractivity contribution in [1.29, 1.82) is 0 Å². The van der Waals surface area contributed by atoms with Gasteiger partial charge in [-0.15, -0.1) is 11.3 Å². The Morgan fingerprint density at radius 2 is 1.93 bits per heavy atom. The standard InChI is InChI=1S/C23H17Cl2FN2OS/c1-13(29)27-11-10-15-7-9-20(30-15)23-22(25)21(16-4-2-3-5-18(16)26)17-12-14(24)6-8-19(17)28-23/h2-9,12H,10-11H2,1H3,(H,27,29). The van der Waals surface area contributed by atoms with E-state index in [1.54, 1.807) is 41.7 Å². The van der Waals surface area contributed by atoms with Crippen LogP contribution >= 0.6 is 34.5 Å². The highest BCUT2D eigenvalue weighted by molar-refractivity contribution is 7.15. The summed E-state index contributed by atoms with van der Waals surface area (Å²) in [7, 11) is 0. The molecule has 0 saturated carbocycles. The molecule has 0 atom stereocenters. The first-order valence-electron chi connectivity index (χ1n) is 9.31. The van der Waals surface area contributed by atoms with E-state index in [0.717, 1.165) is 9.75 Å². The zero-order valence-electron chi connectivity index (χ0n) is 16.0. The summed E-state index contributed by atoms with van der Waals surface area (Å²) in [5, 5.41) is 4.40. The summed E-state index contributed by atoms with van der Waals surface area (Å²) < 4.78 is 14.7. The van der Waals surface area contributed by atoms with Crippen LogP contribution < -0.4 is 5.32 Å². The van der Waals surface area contributed by atoms with Gasteiger partial charge in [-0.2, -0.15) is 0 Å². The number of benzene rings is 2. The van der Waals surface area contributed by atoms with Crippen molar-refractivity contribution >= 4 is 51.3 Å². The highest BCUT2D eigenvalue weighted by atomic mass is 35.5. The van der Waals surface area contributed by atoms with E-state index in [9.17, 15) is 9.18 Å². The van der Waals surface area contributed by atoms with Crippen LogP contribution in [0.5, 0.6) is 0 Å². The lowest BCUT2D eigenvalue weighted by Gasteiger charge is -2.14. The van der Waals surface area contributed by atoms with E-state index in [-0.39, 0.29) is 11.7 Å². The van der Waals surface area contributed by atoms with Gasteiger partial charge in [0.25, 0.3) is 0 Å². The molecular weight excluding hydrogens is 442 g/mol. The van der Waals surface area contributed by atoms with Crippen LogP contribution in [0, 0.1) is 5.82 Å². The molecule has 0 unspecified atom stereocenters. The molecule has 30 heavy (non-hydrogen) atoms. The summed E-state index contributed by atoms with van der Waals surface area (Å²) in [5.74, 6) is -0.417. The number of hydrogen-bond acceptors (Lipinski definition) is 3. The molecule has 7 heteroatoms. The number of thiophene rings is 1. The summed E-state index contributed by atoms with van der Waals surface area (Å²) in [5.41, 5.74) is 2.26. The van der Waals surface area contributed by atoms with Crippen LogP contribution in [0.2, 0.25) is 10.0 Å². The number of carbonyl (C=O) groups is 1. The first-order valence-corrected chi connectivity index (χ1v) is 10.9. The molecule has 152 valence electrons. The maximum atomic E-state index is 14.7. The minimum atomic E-state index is -0.361. The minimum absolute atomic E-state index is 0.0563. The lowest BCUT2D eigenvalue weighted by molar-refractivity contribution is -0.118. The Labute approximate surface area is 187 Å². The molecule has 1 amide bonds. The fraction of sp³-hybridized carbons (Fsp3) is 0.130. The van der Waals surface area contributed by atoms with Crippen molar-refractivity contribution in [3.05, 3.63) is 75.3 Å². The van der Waals surface area contributed by atoms with E-state index in [2.05, 4.69) is 5.32 Å². The number of carbonyl (C=O) groups excluding carboxylic acids is 1. The Morgan fingerprint density at radius 1 is 1.13 bits per heavy atom. The highest BCUT2D eigenvalue weighted by Crippen LogP contribution is 2.43. The number of nitrogens with zero attached hydrogens (tertiary/aromatic N) is 1. The van der Waals surface area contributed by atoms with Gasteiger partial charge in [0.15, 0.2) is 0 Å². The number of aromatic nitrogens is 1. The van der Waals surface area contributed by atoms with Gasteiger partial charge in [-0.1, -0.05) is 41.4 Å². The SMILES string of the molecule is CC(=O)NCCc1ccc(-c2nc3ccc(Cl)cc3c(-c3ccccc3F)c2Cl)s1. The van der Waals surface area contributed by atoms with Gasteiger partial charge in [0, 0.05) is 39.9 Å². The molecule has 2 aromatic heterocycles. The van der Waals surface area contributed by atoms with Crippen LogP contribution in [0.15, 0.2) is 54.6 Å². The molecule has 4 rings (SSSR count). The summed E-state index contributed by atoms with van der Waals surface area (Å²) in [6.07, 6.45) is 0.714. The molecule has 0 spiro atoms. The molecule has 0 saturated heterocycles. The second-order valence-corrected chi connectivity index (χ2v) is 8.77. The fourth-order valence-corrected chi connectivity index (χ4v) is 4.88. The Morgan fingerprint density at radius 3 is 2.70 bits per heavy atom. The Balaban J connectivity index is 1.85. The summed E-state index contributed by atoms with van der Waals surface area (Å²) in [6, 6.07) is 15.8. The number of hydrogen-bond donors (Lipinski definition) is 1. The molecular formula is C23H17Cl2FN2OS. The smallest absolute Gasteiger partial charge is 0.216 e. The zero-order chi connectivity index (χ0) is 21.3. The van der Waals surface area contributed by atoms with Crippen LogP contribution in [-0.4, -0.2) is 17.4 Å². The van der Waals surface area contributed by atoms with Gasteiger partial charge in [-0.25, -0.2) is 9.37 Å². The topological polar surface area (TPSA) is 42.0 Å². The fourth-order valence-electron chi connectivity index (χ4n) is 3.30. The molecule has 4 aromatic rings. The summed E-state index contributed by atoms with van der Waals surface area (Å²) >= 11 is 14.6. The van der Waals surface area contributed by atoms with Gasteiger partial charge in [0.05, 0.1) is 15.4 Å². The van der Waals surface area contributed by atoms with Gasteiger partial charge >= 0.3 is 0 Å². The van der Waals surface area contributed by atoms with Crippen molar-refractivity contribution in [2.45, 2.75) is 13.3 Å². The summed E-state index contributed by atoms with van der Waals surface area (Å²) in [4.78, 5) is 17.8. The minimum Gasteiger partial charge on any atom is -0.356 e. The molecule has 0 aliphatic heterocycles. The van der Waals surface area contributed by atoms with Crippen molar-refractivity contribution in [3.8, 4) is 21.7 Å². The normalized spacial score (nSPS) is 11.1. The van der Waals surface area contributed by atoms with Gasteiger partial charge in [0.2, 0.25) is 5.91 Å². The second kappa shape index (κ2) is 8.72. The number of halogens is 3. The quantitative estimate of drug-likeness (QED) is 0.359. The molecule has 0 fully saturated rings. The van der Waals surface area contributed by atoms with Crippen molar-refractivity contribution in [1.82, 2.24) is 10.3 Å². The first kappa shape index (κ1) is 20.8. The lowest BCUT2D eigenvalue weighted by Crippen LogP contribution is -2.21. The lowest BCUT2D eigenvalue weighted by atomic mass is 9.99. The monoisotopic (exact) mass is 458 g/mol. The third-order valence-electron chi connectivity index (χ3n) is 4.67. The predicted octanol–water partition coefficient (Wildman–Crippen LogP) is 6.75. The van der Waals surface area contributed by atoms with Crippen LogP contribution in [0.4, 0.5) is 4.39 Å². The van der Waals surface area contributed by atoms with Crippen molar-refractivity contribution < 1.29 is 9.18 Å². The number of nitrogens with one attached hydrogen (secondary N) is 1. The third kappa shape index (κ3) is 4.19. The van der Waals surface area contributed by atoms with E-state index in [1.807, 2.05) is 18.2 Å². The van der Waals surface area contributed by atoms with Crippen LogP contribution in [-0.2, 0) is 11.2 Å². The van der Waals surface area contributed by atoms with Crippen molar-refractivity contribution in [3.63, 3.8) is 0 Å². The van der Waals surface area contributed by atoms with Crippen molar-refractivity contribution in [2.75, 3.05) is 6.54 Å². The largest absolute Gasteiger partial charge is 0.356 e. The van der Waals surface area contributed by atoms with E-state index >= 15 is 0 Å². The van der Waals surface area contributed by atoms with E-state index in [0.29, 0.717) is 50.7 Å². The number of pyridine rings is 1. The Kier molecular flexibility index (Phi) is 6.04.